The molecule has 1 rings (SSSR count). The third kappa shape index (κ3) is 4.95. The van der Waals surface area contributed by atoms with Gasteiger partial charge in [-0.25, -0.2) is 18.0 Å². The molecule has 0 saturated carbocycles. The quantitative estimate of drug-likeness (QED) is 0.762. The van der Waals surface area contributed by atoms with Crippen molar-refractivity contribution in [2.75, 3.05) is 6.67 Å². The van der Waals surface area contributed by atoms with Crippen LogP contribution >= 0.6 is 15.9 Å². The first kappa shape index (κ1) is 19.8. The molecule has 1 aromatic rings. The van der Waals surface area contributed by atoms with Crippen LogP contribution in [0, 0.1) is 0 Å². The summed E-state index contributed by atoms with van der Waals surface area (Å²) in [6.07, 6.45) is -2.28. The summed E-state index contributed by atoms with van der Waals surface area (Å²) in [6, 6.07) is 3.74. The minimum Gasteiger partial charge on any atom is -1.00 e. The average Bonchev–Trinajstić information content (AvgIpc) is 2.36. The molecular formula is C12H13BrF3NaO3. The molecule has 0 spiro atoms. The van der Waals surface area contributed by atoms with Gasteiger partial charge in [0.15, 0.2) is 0 Å². The molecule has 0 aliphatic rings. The van der Waals surface area contributed by atoms with Crippen molar-refractivity contribution in [3.8, 4) is 5.75 Å². The Kier molecular flexibility index (Phi) is 8.16. The summed E-state index contributed by atoms with van der Waals surface area (Å²) in [6.45, 7) is -0.0168. The number of hydrogen-bond donors (Lipinski definition) is 1. The fraction of sp³-hybridized carbons (Fsp3) is 0.417. The molecule has 0 amide bonds. The number of rotatable bonds is 6. The van der Waals surface area contributed by atoms with Crippen molar-refractivity contribution in [3.63, 3.8) is 0 Å². The van der Waals surface area contributed by atoms with Gasteiger partial charge in [0.05, 0.1) is 5.56 Å². The minimum atomic E-state index is -3.18. The second-order valence-electron chi connectivity index (χ2n) is 3.80. The van der Waals surface area contributed by atoms with Gasteiger partial charge in [-0.1, -0.05) is 22.9 Å². The predicted molar refractivity (Wildman–Crippen MR) is 67.5 cm³/mol. The van der Waals surface area contributed by atoms with E-state index in [1.807, 2.05) is 0 Å². The Labute approximate surface area is 146 Å². The molecule has 0 heterocycles. The van der Waals surface area contributed by atoms with Crippen LogP contribution in [0.5, 0.6) is 5.75 Å². The first-order valence-electron chi connectivity index (χ1n) is 5.45. The smallest absolute Gasteiger partial charge is 1.00 e. The van der Waals surface area contributed by atoms with Gasteiger partial charge in [0, 0.05) is 10.9 Å². The summed E-state index contributed by atoms with van der Waals surface area (Å²) in [7, 11) is 0. The van der Waals surface area contributed by atoms with Crippen LogP contribution in [-0.2, 0) is 10.7 Å². The molecule has 1 atom stereocenters. The largest absolute Gasteiger partial charge is 1.00 e. The zero-order valence-electron chi connectivity index (χ0n) is 12.0. The van der Waals surface area contributed by atoms with E-state index in [-0.39, 0.29) is 36.7 Å². The molecule has 3 nitrogen and oxygen atoms in total. The first-order chi connectivity index (χ1) is 8.81. The summed E-state index contributed by atoms with van der Waals surface area (Å²) in [4.78, 5) is 10.7. The Bertz CT molecular complexity index is 477. The van der Waals surface area contributed by atoms with E-state index < -0.39 is 36.7 Å². The standard InChI is InChI=1S/C12H12BrF3O3.Na.H/c1-2-12(15,16)8-5-7(13)3-4-9(8)19-10(6-14)11(17)18;;/h3-5,10H,2,6H2,1H3,(H,17,18);;/q;+1;-1/t10-;;/m0../s1. The van der Waals surface area contributed by atoms with E-state index in [1.54, 1.807) is 0 Å². The van der Waals surface area contributed by atoms with Crippen molar-refractivity contribution < 1.29 is 58.8 Å². The Hall–Kier alpha value is -0.240. The molecule has 0 aromatic heterocycles. The van der Waals surface area contributed by atoms with Crippen LogP contribution in [-0.4, -0.2) is 23.9 Å². The van der Waals surface area contributed by atoms with E-state index in [4.69, 9.17) is 9.84 Å². The number of ether oxygens (including phenoxy) is 1. The normalized spacial score (nSPS) is 12.4. The minimum absolute atomic E-state index is 0. The Morgan fingerprint density at radius 1 is 1.55 bits per heavy atom. The van der Waals surface area contributed by atoms with E-state index in [0.29, 0.717) is 4.47 Å². The summed E-state index contributed by atoms with van der Waals surface area (Å²) < 4.78 is 45.2. The average molecular weight is 365 g/mol. The van der Waals surface area contributed by atoms with Crippen molar-refractivity contribution in [1.29, 1.82) is 0 Å². The first-order valence-corrected chi connectivity index (χ1v) is 6.24. The SMILES string of the molecule is CCC(F)(F)c1cc(Br)ccc1O[C@@H](CF)C(=O)O.[H-].[Na+]. The Morgan fingerprint density at radius 2 is 2.15 bits per heavy atom. The van der Waals surface area contributed by atoms with E-state index in [0.717, 1.165) is 6.07 Å². The molecule has 0 aliphatic heterocycles. The van der Waals surface area contributed by atoms with Crippen LogP contribution < -0.4 is 34.3 Å². The molecule has 1 N–H and O–H groups in total. The Balaban J connectivity index is 0. The van der Waals surface area contributed by atoms with Crippen LogP contribution in [0.25, 0.3) is 0 Å². The van der Waals surface area contributed by atoms with E-state index in [9.17, 15) is 18.0 Å². The summed E-state index contributed by atoms with van der Waals surface area (Å²) in [5, 5.41) is 8.68. The maximum Gasteiger partial charge on any atom is 1.00 e. The van der Waals surface area contributed by atoms with Gasteiger partial charge in [-0.15, -0.1) is 0 Å². The number of carbonyl (C=O) groups is 1. The number of benzene rings is 1. The van der Waals surface area contributed by atoms with Gasteiger partial charge in [0.2, 0.25) is 6.10 Å². The molecule has 0 unspecified atom stereocenters. The summed E-state index contributed by atoms with van der Waals surface area (Å²) in [5.41, 5.74) is -0.468. The second-order valence-corrected chi connectivity index (χ2v) is 4.71. The predicted octanol–water partition coefficient (Wildman–Crippen LogP) is 0.869. The third-order valence-electron chi connectivity index (χ3n) is 2.46. The van der Waals surface area contributed by atoms with Crippen molar-refractivity contribution in [2.24, 2.45) is 0 Å². The maximum absolute atomic E-state index is 13.7. The van der Waals surface area contributed by atoms with Gasteiger partial charge >= 0.3 is 35.5 Å². The second kappa shape index (κ2) is 8.26. The van der Waals surface area contributed by atoms with Gasteiger partial charge in [-0.05, 0) is 18.2 Å². The van der Waals surface area contributed by atoms with Gasteiger partial charge in [0.1, 0.15) is 12.4 Å². The molecule has 1 aromatic carbocycles. The van der Waals surface area contributed by atoms with Gasteiger partial charge in [-0.3, -0.25) is 0 Å². The van der Waals surface area contributed by atoms with Gasteiger partial charge in [0.25, 0.3) is 5.92 Å². The monoisotopic (exact) mass is 364 g/mol. The number of alkyl halides is 3. The molecule has 0 saturated heterocycles. The van der Waals surface area contributed by atoms with Crippen LogP contribution in [0.2, 0.25) is 0 Å². The molecule has 108 valence electrons. The fourth-order valence-corrected chi connectivity index (χ4v) is 1.74. The molecule has 8 heteroatoms. The molecule has 0 bridgehead atoms. The van der Waals surface area contributed by atoms with Crippen LogP contribution in [0.15, 0.2) is 22.7 Å². The maximum atomic E-state index is 13.7. The van der Waals surface area contributed by atoms with Crippen molar-refractivity contribution in [3.05, 3.63) is 28.2 Å². The molecule has 0 radical (unpaired) electrons. The molecule has 0 aliphatic carbocycles. The van der Waals surface area contributed by atoms with Gasteiger partial charge < -0.3 is 11.3 Å². The van der Waals surface area contributed by atoms with Crippen LogP contribution in [0.3, 0.4) is 0 Å². The number of halogens is 4. The summed E-state index contributed by atoms with van der Waals surface area (Å²) in [5.74, 6) is -5.06. The molecule has 20 heavy (non-hydrogen) atoms. The Morgan fingerprint density at radius 3 is 2.60 bits per heavy atom. The van der Waals surface area contributed by atoms with E-state index in [2.05, 4.69) is 15.9 Å². The van der Waals surface area contributed by atoms with Crippen LogP contribution in [0.4, 0.5) is 13.2 Å². The van der Waals surface area contributed by atoms with E-state index >= 15 is 0 Å². The van der Waals surface area contributed by atoms with E-state index in [1.165, 1.54) is 19.1 Å². The van der Waals surface area contributed by atoms with Crippen LogP contribution in [0.1, 0.15) is 20.3 Å². The van der Waals surface area contributed by atoms with Crippen molar-refractivity contribution >= 4 is 21.9 Å². The molecular weight excluding hydrogens is 352 g/mol. The molecule has 0 fully saturated rings. The topological polar surface area (TPSA) is 46.5 Å². The fourth-order valence-electron chi connectivity index (χ4n) is 1.38. The zero-order valence-corrected chi connectivity index (χ0v) is 14.6. The van der Waals surface area contributed by atoms with Crippen molar-refractivity contribution in [1.82, 2.24) is 0 Å². The number of carboxylic acids is 1. The van der Waals surface area contributed by atoms with Gasteiger partial charge in [-0.2, -0.15) is 0 Å². The number of carboxylic acid groups (broad SMARTS) is 1. The zero-order chi connectivity index (χ0) is 14.6. The number of hydrogen-bond acceptors (Lipinski definition) is 2. The van der Waals surface area contributed by atoms with Crippen molar-refractivity contribution in [2.45, 2.75) is 25.4 Å². The third-order valence-corrected chi connectivity index (χ3v) is 2.96. The summed E-state index contributed by atoms with van der Waals surface area (Å²) >= 11 is 3.05. The number of aliphatic carboxylic acids is 1.